The highest BCUT2D eigenvalue weighted by Crippen LogP contribution is 2.16. The van der Waals surface area contributed by atoms with Gasteiger partial charge >= 0.3 is 18.0 Å². The van der Waals surface area contributed by atoms with Gasteiger partial charge < -0.3 is 65.9 Å². The molecule has 0 fully saturated rings. The number of nitrogens with one attached hydrogen (secondary N) is 4. The zero-order valence-corrected chi connectivity index (χ0v) is 39.0. The molecule has 0 spiro atoms. The van der Waals surface area contributed by atoms with Gasteiger partial charge in [-0.3, -0.25) is 24.0 Å². The molecular formula is C44H84N6O13. The molecule has 0 saturated heterocycles. The minimum atomic E-state index is -0.668. The van der Waals surface area contributed by atoms with Crippen molar-refractivity contribution in [3.8, 4) is 0 Å². The number of hydrogen-bond acceptors (Lipinski definition) is 15. The van der Waals surface area contributed by atoms with Crippen LogP contribution in [-0.2, 0) is 57.1 Å². The maximum Gasteiger partial charge on any atom is 0.407 e. The molecule has 19 nitrogen and oxygen atoms in total. The molecular weight excluding hydrogens is 821 g/mol. The Morgan fingerprint density at radius 3 is 1.51 bits per heavy atom. The third-order valence-corrected chi connectivity index (χ3v) is 10.2. The van der Waals surface area contributed by atoms with Gasteiger partial charge in [-0.05, 0) is 96.8 Å². The molecule has 0 aliphatic heterocycles. The number of carbonyl (C=O) groups excluding carboxylic acids is 6. The molecule has 8 N–H and O–H groups in total. The van der Waals surface area contributed by atoms with Crippen molar-refractivity contribution in [2.75, 3.05) is 106 Å². The first kappa shape index (κ1) is 59.4. The molecule has 63 heavy (non-hydrogen) atoms. The normalized spacial score (nSPS) is 13.1. The fourth-order valence-electron chi connectivity index (χ4n) is 6.18. The highest BCUT2D eigenvalue weighted by molar-refractivity contribution is 5.83. The first-order chi connectivity index (χ1) is 30.4. The van der Waals surface area contributed by atoms with E-state index in [1.807, 2.05) is 13.8 Å². The molecule has 0 rings (SSSR count). The van der Waals surface area contributed by atoms with Crippen LogP contribution in [0.2, 0.25) is 0 Å². The second kappa shape index (κ2) is 42.3. The molecule has 0 bridgehead atoms. The Hall–Kier alpha value is -3.62. The number of hydrogen-bond donors (Lipinski definition) is 6. The summed E-state index contributed by atoms with van der Waals surface area (Å²) in [7, 11) is 3.14. The molecule has 0 aliphatic rings. The van der Waals surface area contributed by atoms with E-state index >= 15 is 0 Å². The summed E-state index contributed by atoms with van der Waals surface area (Å²) in [6, 6.07) is 0. The van der Waals surface area contributed by atoms with Gasteiger partial charge in [-0.15, -0.1) is 0 Å². The zero-order chi connectivity index (χ0) is 46.8. The van der Waals surface area contributed by atoms with E-state index in [1.165, 1.54) is 0 Å². The lowest BCUT2D eigenvalue weighted by molar-refractivity contribution is -0.150. The van der Waals surface area contributed by atoms with Crippen LogP contribution in [-0.4, -0.2) is 148 Å². The van der Waals surface area contributed by atoms with E-state index in [-0.39, 0.29) is 87.4 Å². The minimum absolute atomic E-state index is 0.0502. The van der Waals surface area contributed by atoms with Gasteiger partial charge in [0.05, 0.1) is 46.1 Å². The van der Waals surface area contributed by atoms with Crippen molar-refractivity contribution in [2.24, 2.45) is 29.2 Å². The average Bonchev–Trinajstić information content (AvgIpc) is 3.25. The monoisotopic (exact) mass is 905 g/mol. The number of esters is 2. The van der Waals surface area contributed by atoms with Crippen molar-refractivity contribution in [3.05, 3.63) is 0 Å². The Bertz CT molecular complexity index is 1170. The highest BCUT2D eigenvalue weighted by Gasteiger charge is 2.23. The Labute approximate surface area is 376 Å². The van der Waals surface area contributed by atoms with E-state index in [0.29, 0.717) is 71.5 Å². The predicted molar refractivity (Wildman–Crippen MR) is 238 cm³/mol. The first-order valence-electron chi connectivity index (χ1n) is 23.1. The van der Waals surface area contributed by atoms with Crippen molar-refractivity contribution in [1.29, 1.82) is 0 Å². The molecule has 3 atom stereocenters. The Balaban J connectivity index is 4.94. The van der Waals surface area contributed by atoms with Crippen LogP contribution in [0, 0.1) is 17.8 Å². The van der Waals surface area contributed by atoms with Crippen LogP contribution in [0.4, 0.5) is 4.79 Å². The van der Waals surface area contributed by atoms with Crippen LogP contribution in [0.15, 0.2) is 0 Å². The van der Waals surface area contributed by atoms with E-state index in [9.17, 15) is 28.8 Å². The van der Waals surface area contributed by atoms with Crippen molar-refractivity contribution in [3.63, 3.8) is 0 Å². The summed E-state index contributed by atoms with van der Waals surface area (Å²) in [5.74, 6) is -2.64. The molecule has 0 aromatic heterocycles. The van der Waals surface area contributed by atoms with Crippen LogP contribution in [0.5, 0.6) is 0 Å². The van der Waals surface area contributed by atoms with Gasteiger partial charge in [-0.2, -0.15) is 0 Å². The SMILES string of the molecule is COCCOCCOC(=O)CC(CCCCNC(=O)OCCOCCOC)C(=O)NCCCC(=O)OC(CCCNCCCCC(C)C(N)=O)CCCNCCCCC(C)C(N)=O. The lowest BCUT2D eigenvalue weighted by Crippen LogP contribution is -2.34. The molecule has 0 aromatic rings. The second-order valence-electron chi connectivity index (χ2n) is 15.8. The number of alkyl carbamates (subject to hydrolysis) is 1. The molecule has 0 aromatic carbocycles. The van der Waals surface area contributed by atoms with Gasteiger partial charge in [0.15, 0.2) is 0 Å². The van der Waals surface area contributed by atoms with Gasteiger partial charge in [0.1, 0.15) is 19.3 Å². The predicted octanol–water partition coefficient (Wildman–Crippen LogP) is 2.89. The van der Waals surface area contributed by atoms with Crippen molar-refractivity contribution in [2.45, 2.75) is 123 Å². The fraction of sp³-hybridized carbons (Fsp3) is 0.864. The Kier molecular flexibility index (Phi) is 39.9. The van der Waals surface area contributed by atoms with Gasteiger partial charge in [0.25, 0.3) is 0 Å². The maximum absolute atomic E-state index is 13.3. The standard InChI is InChI=1S/C44H84N6O13/c1-35(41(45)53)14-5-8-20-47-22-11-17-38(18-12-23-48-21-9-6-15-36(2)42(46)54)63-39(51)19-13-25-49-43(55)37(34-40(52)61-32-30-59-28-26-57-3)16-7-10-24-50-44(56)62-33-31-60-29-27-58-4/h35-38,47-48H,5-34H2,1-4H3,(H2,45,53)(H2,46,54)(H,49,55)(H,50,56). The largest absolute Gasteiger partial charge is 0.463 e. The number of rotatable bonds is 45. The smallest absolute Gasteiger partial charge is 0.407 e. The number of ether oxygens (including phenoxy) is 7. The molecule has 4 amide bonds. The molecule has 368 valence electrons. The van der Waals surface area contributed by atoms with Crippen LogP contribution >= 0.6 is 0 Å². The van der Waals surface area contributed by atoms with Gasteiger partial charge in [0.2, 0.25) is 17.7 Å². The third-order valence-electron chi connectivity index (χ3n) is 10.2. The van der Waals surface area contributed by atoms with E-state index in [0.717, 1.165) is 77.5 Å². The van der Waals surface area contributed by atoms with Crippen LogP contribution in [0.1, 0.15) is 117 Å². The molecule has 0 aliphatic carbocycles. The summed E-state index contributed by atoms with van der Waals surface area (Å²) < 4.78 is 36.7. The van der Waals surface area contributed by atoms with Crippen molar-refractivity contribution < 1.29 is 61.9 Å². The summed E-state index contributed by atoms with van der Waals surface area (Å²) in [6.07, 6.45) is 9.36. The molecule has 0 radical (unpaired) electrons. The van der Waals surface area contributed by atoms with E-state index in [2.05, 4.69) is 21.3 Å². The van der Waals surface area contributed by atoms with Crippen LogP contribution in [0.3, 0.4) is 0 Å². The maximum atomic E-state index is 13.3. The molecule has 0 heterocycles. The summed E-state index contributed by atoms with van der Waals surface area (Å²) in [6.45, 7) is 9.74. The molecule has 19 heteroatoms. The third kappa shape index (κ3) is 38.6. The number of primary amides is 2. The lowest BCUT2D eigenvalue weighted by atomic mass is 9.97. The Morgan fingerprint density at radius 1 is 0.492 bits per heavy atom. The van der Waals surface area contributed by atoms with Crippen LogP contribution in [0.25, 0.3) is 0 Å². The minimum Gasteiger partial charge on any atom is -0.463 e. The highest BCUT2D eigenvalue weighted by atomic mass is 16.6. The summed E-state index contributed by atoms with van der Waals surface area (Å²) in [5, 5.41) is 12.4. The summed E-state index contributed by atoms with van der Waals surface area (Å²) in [5.41, 5.74) is 10.7. The number of nitrogens with two attached hydrogens (primary N) is 2. The van der Waals surface area contributed by atoms with Gasteiger partial charge in [0, 0.05) is 51.5 Å². The van der Waals surface area contributed by atoms with E-state index in [1.54, 1.807) is 14.2 Å². The summed E-state index contributed by atoms with van der Waals surface area (Å²) in [4.78, 5) is 73.4. The summed E-state index contributed by atoms with van der Waals surface area (Å²) >= 11 is 0. The Morgan fingerprint density at radius 2 is 0.968 bits per heavy atom. The molecule has 3 unspecified atom stereocenters. The van der Waals surface area contributed by atoms with Crippen LogP contribution < -0.4 is 32.7 Å². The van der Waals surface area contributed by atoms with E-state index < -0.39 is 18.0 Å². The van der Waals surface area contributed by atoms with Crippen molar-refractivity contribution in [1.82, 2.24) is 21.3 Å². The number of carbonyl (C=O) groups is 6. The number of unbranched alkanes of at least 4 members (excludes halogenated alkanes) is 3. The topological polar surface area (TPSA) is 267 Å². The number of methoxy groups -OCH3 is 2. The molecule has 0 saturated carbocycles. The van der Waals surface area contributed by atoms with Gasteiger partial charge in [-0.25, -0.2) is 4.79 Å². The second-order valence-corrected chi connectivity index (χ2v) is 15.8. The van der Waals surface area contributed by atoms with Gasteiger partial charge in [-0.1, -0.05) is 33.1 Å². The lowest BCUT2D eigenvalue weighted by Gasteiger charge is -2.19. The zero-order valence-electron chi connectivity index (χ0n) is 39.0. The first-order valence-corrected chi connectivity index (χ1v) is 23.1. The fourth-order valence-corrected chi connectivity index (χ4v) is 6.18. The quantitative estimate of drug-likeness (QED) is 0.0292. The average molecular weight is 905 g/mol. The van der Waals surface area contributed by atoms with Crippen molar-refractivity contribution >= 4 is 35.8 Å². The van der Waals surface area contributed by atoms with E-state index in [4.69, 9.17) is 44.6 Å². The number of amides is 4.